The Bertz CT molecular complexity index is 845. The predicted octanol–water partition coefficient (Wildman–Crippen LogP) is 5.04. The van der Waals surface area contributed by atoms with Crippen LogP contribution in [0.15, 0.2) is 66.7 Å². The molecule has 2 nitrogen and oxygen atoms in total. The molecule has 116 valence electrons. The summed E-state index contributed by atoms with van der Waals surface area (Å²) in [4.78, 5) is 12.7. The van der Waals surface area contributed by atoms with Crippen molar-refractivity contribution in [3.05, 3.63) is 72.3 Å². The third kappa shape index (κ3) is 3.42. The van der Waals surface area contributed by atoms with Gasteiger partial charge in [0.15, 0.2) is 0 Å². The first-order valence-corrected chi connectivity index (χ1v) is 7.85. The maximum absolute atomic E-state index is 12.7. The Morgan fingerprint density at radius 3 is 2.17 bits per heavy atom. The standard InChI is InChI=1S/C21H21NO/c1-21(2,3)22-20(23)19-14-17(15-9-5-4-6-10-15)13-16-11-7-8-12-18(16)19/h4-14H,1-3H3,(H,22,23). The lowest BCUT2D eigenvalue weighted by Crippen LogP contribution is -2.40. The van der Waals surface area contributed by atoms with Crippen LogP contribution >= 0.6 is 0 Å². The maximum Gasteiger partial charge on any atom is 0.252 e. The van der Waals surface area contributed by atoms with Crippen LogP contribution < -0.4 is 5.32 Å². The van der Waals surface area contributed by atoms with Crippen LogP contribution in [0.5, 0.6) is 0 Å². The number of nitrogens with one attached hydrogen (secondary N) is 1. The number of benzene rings is 3. The van der Waals surface area contributed by atoms with Gasteiger partial charge in [0.2, 0.25) is 0 Å². The summed E-state index contributed by atoms with van der Waals surface area (Å²) in [5.74, 6) is -0.0357. The lowest BCUT2D eigenvalue weighted by molar-refractivity contribution is 0.0921. The van der Waals surface area contributed by atoms with Gasteiger partial charge < -0.3 is 5.32 Å². The Morgan fingerprint density at radius 2 is 1.48 bits per heavy atom. The van der Waals surface area contributed by atoms with E-state index in [0.29, 0.717) is 0 Å². The van der Waals surface area contributed by atoms with Crippen LogP contribution in [0.25, 0.3) is 21.9 Å². The molecule has 0 atom stereocenters. The topological polar surface area (TPSA) is 29.1 Å². The summed E-state index contributed by atoms with van der Waals surface area (Å²) in [5, 5.41) is 5.12. The van der Waals surface area contributed by atoms with Crippen molar-refractivity contribution in [3.63, 3.8) is 0 Å². The minimum Gasteiger partial charge on any atom is -0.347 e. The maximum atomic E-state index is 12.7. The van der Waals surface area contributed by atoms with Gasteiger partial charge in [0.25, 0.3) is 5.91 Å². The van der Waals surface area contributed by atoms with Crippen molar-refractivity contribution in [2.75, 3.05) is 0 Å². The second-order valence-corrected chi connectivity index (χ2v) is 6.82. The van der Waals surface area contributed by atoms with E-state index < -0.39 is 0 Å². The van der Waals surface area contributed by atoms with E-state index in [9.17, 15) is 4.79 Å². The molecule has 0 saturated carbocycles. The summed E-state index contributed by atoms with van der Waals surface area (Å²) < 4.78 is 0. The number of rotatable bonds is 2. The zero-order valence-electron chi connectivity index (χ0n) is 13.8. The number of hydrogen-bond donors (Lipinski definition) is 1. The van der Waals surface area contributed by atoms with Crippen LogP contribution in [-0.2, 0) is 0 Å². The summed E-state index contributed by atoms with van der Waals surface area (Å²) in [6.07, 6.45) is 0. The van der Waals surface area contributed by atoms with Crippen LogP contribution in [-0.4, -0.2) is 11.4 Å². The zero-order chi connectivity index (χ0) is 16.4. The van der Waals surface area contributed by atoms with Gasteiger partial charge in [-0.2, -0.15) is 0 Å². The van der Waals surface area contributed by atoms with E-state index in [2.05, 4.69) is 29.6 Å². The minimum atomic E-state index is -0.263. The van der Waals surface area contributed by atoms with Gasteiger partial charge in [-0.1, -0.05) is 54.6 Å². The Morgan fingerprint density at radius 1 is 0.826 bits per heavy atom. The van der Waals surface area contributed by atoms with Crippen LogP contribution in [0.2, 0.25) is 0 Å². The molecule has 0 aliphatic heterocycles. The van der Waals surface area contributed by atoms with Crippen LogP contribution in [0, 0.1) is 0 Å². The van der Waals surface area contributed by atoms with Crippen molar-refractivity contribution in [3.8, 4) is 11.1 Å². The molecule has 3 aromatic carbocycles. The van der Waals surface area contributed by atoms with Crippen LogP contribution in [0.4, 0.5) is 0 Å². The van der Waals surface area contributed by atoms with E-state index in [-0.39, 0.29) is 11.4 Å². The average Bonchev–Trinajstić information content (AvgIpc) is 2.53. The van der Waals surface area contributed by atoms with Crippen molar-refractivity contribution < 1.29 is 4.79 Å². The van der Waals surface area contributed by atoms with Gasteiger partial charge in [-0.15, -0.1) is 0 Å². The van der Waals surface area contributed by atoms with E-state index in [1.807, 2.05) is 63.2 Å². The molecule has 1 N–H and O–H groups in total. The smallest absolute Gasteiger partial charge is 0.252 e. The molecule has 0 spiro atoms. The van der Waals surface area contributed by atoms with Crippen molar-refractivity contribution in [1.82, 2.24) is 5.32 Å². The minimum absolute atomic E-state index is 0.0357. The molecular formula is C21H21NO. The second kappa shape index (κ2) is 5.88. The van der Waals surface area contributed by atoms with Gasteiger partial charge in [0, 0.05) is 11.1 Å². The number of carbonyl (C=O) groups is 1. The SMILES string of the molecule is CC(C)(C)NC(=O)c1cc(-c2ccccc2)cc2ccccc12. The third-order valence-electron chi connectivity index (χ3n) is 3.70. The quantitative estimate of drug-likeness (QED) is 0.706. The molecule has 0 fully saturated rings. The number of carbonyl (C=O) groups excluding carboxylic acids is 1. The van der Waals surface area contributed by atoms with E-state index in [4.69, 9.17) is 0 Å². The van der Waals surface area contributed by atoms with Gasteiger partial charge in [-0.3, -0.25) is 4.79 Å². The number of amides is 1. The predicted molar refractivity (Wildman–Crippen MR) is 96.6 cm³/mol. The summed E-state index contributed by atoms with van der Waals surface area (Å²) in [5.41, 5.74) is 2.63. The molecule has 0 aromatic heterocycles. The summed E-state index contributed by atoms with van der Waals surface area (Å²) in [6, 6.07) is 22.3. The summed E-state index contributed by atoms with van der Waals surface area (Å²) >= 11 is 0. The molecule has 0 heterocycles. The molecule has 3 aromatic rings. The monoisotopic (exact) mass is 303 g/mol. The van der Waals surface area contributed by atoms with Gasteiger partial charge in [0.05, 0.1) is 0 Å². The largest absolute Gasteiger partial charge is 0.347 e. The third-order valence-corrected chi connectivity index (χ3v) is 3.70. The molecule has 0 aliphatic carbocycles. The highest BCUT2D eigenvalue weighted by molar-refractivity contribution is 6.09. The number of fused-ring (bicyclic) bond motifs is 1. The molecule has 2 heteroatoms. The highest BCUT2D eigenvalue weighted by Gasteiger charge is 2.18. The van der Waals surface area contributed by atoms with Crippen LogP contribution in [0.3, 0.4) is 0 Å². The van der Waals surface area contributed by atoms with E-state index in [1.165, 1.54) is 0 Å². The molecule has 0 unspecified atom stereocenters. The highest BCUT2D eigenvalue weighted by atomic mass is 16.1. The summed E-state index contributed by atoms with van der Waals surface area (Å²) in [7, 11) is 0. The molecule has 0 saturated heterocycles. The Balaban J connectivity index is 2.17. The van der Waals surface area contributed by atoms with Crippen molar-refractivity contribution in [2.45, 2.75) is 26.3 Å². The lowest BCUT2D eigenvalue weighted by atomic mass is 9.96. The molecular weight excluding hydrogens is 282 g/mol. The first-order chi connectivity index (χ1) is 10.9. The second-order valence-electron chi connectivity index (χ2n) is 6.82. The Kier molecular flexibility index (Phi) is 3.91. The fraction of sp³-hybridized carbons (Fsp3) is 0.190. The lowest BCUT2D eigenvalue weighted by Gasteiger charge is -2.21. The van der Waals surface area contributed by atoms with Crippen molar-refractivity contribution in [2.24, 2.45) is 0 Å². The van der Waals surface area contributed by atoms with E-state index in [0.717, 1.165) is 27.5 Å². The zero-order valence-corrected chi connectivity index (χ0v) is 13.8. The van der Waals surface area contributed by atoms with Gasteiger partial charge in [-0.25, -0.2) is 0 Å². The van der Waals surface area contributed by atoms with E-state index in [1.54, 1.807) is 0 Å². The molecule has 0 radical (unpaired) electrons. The Hall–Kier alpha value is -2.61. The first-order valence-electron chi connectivity index (χ1n) is 7.85. The fourth-order valence-corrected chi connectivity index (χ4v) is 2.70. The molecule has 1 amide bonds. The molecule has 3 rings (SSSR count). The molecule has 23 heavy (non-hydrogen) atoms. The van der Waals surface area contributed by atoms with E-state index >= 15 is 0 Å². The van der Waals surface area contributed by atoms with Crippen molar-refractivity contribution >= 4 is 16.7 Å². The fourth-order valence-electron chi connectivity index (χ4n) is 2.70. The Labute approximate surface area is 137 Å². The molecule has 0 aliphatic rings. The highest BCUT2D eigenvalue weighted by Crippen LogP contribution is 2.28. The van der Waals surface area contributed by atoms with Gasteiger partial charge in [-0.05, 0) is 54.8 Å². The van der Waals surface area contributed by atoms with Crippen LogP contribution in [0.1, 0.15) is 31.1 Å². The summed E-state index contributed by atoms with van der Waals surface area (Å²) in [6.45, 7) is 5.98. The van der Waals surface area contributed by atoms with Gasteiger partial charge >= 0.3 is 0 Å². The van der Waals surface area contributed by atoms with Gasteiger partial charge in [0.1, 0.15) is 0 Å². The normalized spacial score (nSPS) is 11.4. The first kappa shape index (κ1) is 15.3. The average molecular weight is 303 g/mol. The van der Waals surface area contributed by atoms with Crippen molar-refractivity contribution in [1.29, 1.82) is 0 Å². The number of hydrogen-bond acceptors (Lipinski definition) is 1. The molecule has 0 bridgehead atoms.